The van der Waals surface area contributed by atoms with Crippen LogP contribution in [0.4, 0.5) is 10.5 Å². The second-order valence-corrected chi connectivity index (χ2v) is 8.52. The van der Waals surface area contributed by atoms with Crippen molar-refractivity contribution in [3.8, 4) is 5.75 Å². The minimum absolute atomic E-state index is 0.0951. The highest BCUT2D eigenvalue weighted by atomic mass is 16.6. The summed E-state index contributed by atoms with van der Waals surface area (Å²) < 4.78 is 10.9. The van der Waals surface area contributed by atoms with E-state index in [0.29, 0.717) is 31.7 Å². The van der Waals surface area contributed by atoms with Gasteiger partial charge in [0.1, 0.15) is 17.5 Å². The van der Waals surface area contributed by atoms with Gasteiger partial charge in [0.05, 0.1) is 11.0 Å². The number of hydrogen-bond acceptors (Lipinski definition) is 7. The number of carbonyl (C=O) groups excluding carboxylic acids is 1. The number of amides is 1. The molecule has 0 bridgehead atoms. The van der Waals surface area contributed by atoms with Gasteiger partial charge in [0.15, 0.2) is 0 Å². The first-order chi connectivity index (χ1) is 14.1. The minimum Gasteiger partial charge on any atom is -0.490 e. The Morgan fingerprint density at radius 1 is 1.13 bits per heavy atom. The van der Waals surface area contributed by atoms with Crippen molar-refractivity contribution in [1.29, 1.82) is 0 Å². The number of rotatable bonds is 3. The Labute approximate surface area is 177 Å². The van der Waals surface area contributed by atoms with Crippen molar-refractivity contribution in [2.45, 2.75) is 64.3 Å². The third-order valence-electron chi connectivity index (χ3n) is 4.75. The van der Waals surface area contributed by atoms with Gasteiger partial charge in [-0.3, -0.25) is 10.1 Å². The van der Waals surface area contributed by atoms with E-state index in [1.165, 1.54) is 12.1 Å². The lowest BCUT2D eigenvalue weighted by Crippen LogP contribution is -2.42. The van der Waals surface area contributed by atoms with Crippen LogP contribution in [0.25, 0.3) is 0 Å². The number of aliphatic hydroxyl groups excluding tert-OH is 1. The Morgan fingerprint density at radius 3 is 2.20 bits per heavy atom. The van der Waals surface area contributed by atoms with E-state index in [-0.39, 0.29) is 24.0 Å². The SMILES string of the molecule is CC(C)(C)OC(=O)N1CCC(O)CC1.O=[N+]([O-])c1ccc(OC2CCNCC2)cc1. The van der Waals surface area contributed by atoms with Gasteiger partial charge in [0, 0.05) is 25.2 Å². The van der Waals surface area contributed by atoms with Gasteiger partial charge in [0.25, 0.3) is 5.69 Å². The van der Waals surface area contributed by atoms with Gasteiger partial charge in [-0.2, -0.15) is 0 Å². The number of nitrogens with zero attached hydrogens (tertiary/aromatic N) is 2. The first-order valence-corrected chi connectivity index (χ1v) is 10.4. The van der Waals surface area contributed by atoms with Gasteiger partial charge in [0.2, 0.25) is 0 Å². The van der Waals surface area contributed by atoms with Crippen LogP contribution in [0.15, 0.2) is 24.3 Å². The van der Waals surface area contributed by atoms with Crippen LogP contribution in [0.2, 0.25) is 0 Å². The number of likely N-dealkylation sites (tertiary alicyclic amines) is 1. The molecule has 0 aliphatic carbocycles. The third kappa shape index (κ3) is 8.54. The number of hydrogen-bond donors (Lipinski definition) is 2. The molecule has 0 aromatic heterocycles. The summed E-state index contributed by atoms with van der Waals surface area (Å²) in [6, 6.07) is 6.24. The van der Waals surface area contributed by atoms with Crippen molar-refractivity contribution in [2.75, 3.05) is 26.2 Å². The van der Waals surface area contributed by atoms with Crippen molar-refractivity contribution in [2.24, 2.45) is 0 Å². The second-order valence-electron chi connectivity index (χ2n) is 8.52. The van der Waals surface area contributed by atoms with Crippen LogP contribution in [0.5, 0.6) is 5.75 Å². The Balaban J connectivity index is 0.000000216. The first-order valence-electron chi connectivity index (χ1n) is 10.4. The molecule has 0 spiro atoms. The molecule has 0 atom stereocenters. The lowest BCUT2D eigenvalue weighted by Gasteiger charge is -2.31. The second kappa shape index (κ2) is 11.1. The van der Waals surface area contributed by atoms with Crippen molar-refractivity contribution < 1.29 is 24.3 Å². The molecule has 2 saturated heterocycles. The Kier molecular flexibility index (Phi) is 8.86. The molecule has 0 unspecified atom stereocenters. The number of non-ortho nitro benzene ring substituents is 1. The highest BCUT2D eigenvalue weighted by Crippen LogP contribution is 2.20. The van der Waals surface area contributed by atoms with E-state index in [1.807, 2.05) is 20.8 Å². The van der Waals surface area contributed by atoms with E-state index >= 15 is 0 Å². The molecular formula is C21H33N3O6. The fourth-order valence-electron chi connectivity index (χ4n) is 3.13. The smallest absolute Gasteiger partial charge is 0.410 e. The molecule has 2 heterocycles. The van der Waals surface area contributed by atoms with Gasteiger partial charge in [-0.25, -0.2) is 4.79 Å². The van der Waals surface area contributed by atoms with E-state index in [9.17, 15) is 20.0 Å². The van der Waals surface area contributed by atoms with Gasteiger partial charge in [-0.1, -0.05) is 0 Å². The zero-order valence-electron chi connectivity index (χ0n) is 18.0. The predicted octanol–water partition coefficient (Wildman–Crippen LogP) is 3.10. The van der Waals surface area contributed by atoms with E-state index in [2.05, 4.69) is 5.32 Å². The monoisotopic (exact) mass is 423 g/mol. The van der Waals surface area contributed by atoms with Crippen LogP contribution in [-0.2, 0) is 4.74 Å². The molecule has 1 aromatic carbocycles. The van der Waals surface area contributed by atoms with Crippen molar-refractivity contribution in [1.82, 2.24) is 10.2 Å². The van der Waals surface area contributed by atoms with Crippen LogP contribution >= 0.6 is 0 Å². The quantitative estimate of drug-likeness (QED) is 0.567. The van der Waals surface area contributed by atoms with Crippen LogP contribution in [0, 0.1) is 10.1 Å². The molecular weight excluding hydrogens is 390 g/mol. The molecule has 0 radical (unpaired) electrons. The Bertz CT molecular complexity index is 675. The van der Waals surface area contributed by atoms with Crippen LogP contribution in [0.1, 0.15) is 46.5 Å². The van der Waals surface area contributed by atoms with Crippen LogP contribution in [-0.4, -0.2) is 65.0 Å². The van der Waals surface area contributed by atoms with Crippen LogP contribution < -0.4 is 10.1 Å². The lowest BCUT2D eigenvalue weighted by atomic mass is 10.1. The molecule has 2 N–H and O–H groups in total. The number of carbonyl (C=O) groups is 1. The first kappa shape index (κ1) is 23.9. The molecule has 168 valence electrons. The van der Waals surface area contributed by atoms with Gasteiger partial charge >= 0.3 is 6.09 Å². The van der Waals surface area contributed by atoms with E-state index in [0.717, 1.165) is 25.9 Å². The number of benzene rings is 1. The molecule has 30 heavy (non-hydrogen) atoms. The number of nitro benzene ring substituents is 1. The van der Waals surface area contributed by atoms with Crippen molar-refractivity contribution in [3.63, 3.8) is 0 Å². The van der Waals surface area contributed by atoms with E-state index in [1.54, 1.807) is 17.0 Å². The molecule has 1 aromatic rings. The highest BCUT2D eigenvalue weighted by Gasteiger charge is 2.25. The molecule has 1 amide bonds. The van der Waals surface area contributed by atoms with Gasteiger partial charge < -0.3 is 24.8 Å². The molecule has 2 aliphatic rings. The molecule has 9 nitrogen and oxygen atoms in total. The number of piperidine rings is 2. The average Bonchev–Trinajstić information content (AvgIpc) is 2.69. The molecule has 2 aliphatic heterocycles. The van der Waals surface area contributed by atoms with E-state index < -0.39 is 10.5 Å². The van der Waals surface area contributed by atoms with Crippen LogP contribution in [0.3, 0.4) is 0 Å². The summed E-state index contributed by atoms with van der Waals surface area (Å²) in [7, 11) is 0. The maximum Gasteiger partial charge on any atom is 0.410 e. The maximum atomic E-state index is 11.5. The minimum atomic E-state index is -0.437. The van der Waals surface area contributed by atoms with Crippen molar-refractivity contribution in [3.05, 3.63) is 34.4 Å². The van der Waals surface area contributed by atoms with Gasteiger partial charge in [-0.15, -0.1) is 0 Å². The number of aliphatic hydroxyl groups is 1. The summed E-state index contributed by atoms with van der Waals surface area (Å²) in [5.41, 5.74) is -0.342. The number of nitrogens with one attached hydrogen (secondary N) is 1. The third-order valence-corrected chi connectivity index (χ3v) is 4.75. The molecule has 9 heteroatoms. The number of ether oxygens (including phenoxy) is 2. The predicted molar refractivity (Wildman–Crippen MR) is 113 cm³/mol. The summed E-state index contributed by atoms with van der Waals surface area (Å²) in [6.45, 7) is 8.68. The maximum absolute atomic E-state index is 11.5. The Morgan fingerprint density at radius 2 is 1.70 bits per heavy atom. The molecule has 0 saturated carbocycles. The Hall–Kier alpha value is -2.39. The fourth-order valence-corrected chi connectivity index (χ4v) is 3.13. The summed E-state index contributed by atoms with van der Waals surface area (Å²) in [5, 5.41) is 23.0. The molecule has 2 fully saturated rings. The van der Waals surface area contributed by atoms with E-state index in [4.69, 9.17) is 9.47 Å². The normalized spacial score (nSPS) is 18.2. The summed E-state index contributed by atoms with van der Waals surface area (Å²) in [6.07, 6.45) is 2.97. The number of nitro groups is 1. The summed E-state index contributed by atoms with van der Waals surface area (Å²) >= 11 is 0. The topological polar surface area (TPSA) is 114 Å². The standard InChI is InChI=1S/C11H14N2O3.C10H19NO3/c14-13(15)9-1-3-10(4-2-9)16-11-5-7-12-8-6-11;1-10(2,3)14-9(13)11-6-4-8(12)5-7-11/h1-4,11-12H,5-8H2;8,12H,4-7H2,1-3H3. The van der Waals surface area contributed by atoms with Crippen molar-refractivity contribution >= 4 is 11.8 Å². The largest absolute Gasteiger partial charge is 0.490 e. The summed E-state index contributed by atoms with van der Waals surface area (Å²) in [4.78, 5) is 23.2. The highest BCUT2D eigenvalue weighted by molar-refractivity contribution is 5.68. The zero-order chi connectivity index (χ0) is 22.1. The average molecular weight is 424 g/mol. The lowest BCUT2D eigenvalue weighted by molar-refractivity contribution is -0.384. The van der Waals surface area contributed by atoms with Gasteiger partial charge in [-0.05, 0) is 71.7 Å². The molecule has 3 rings (SSSR count). The zero-order valence-corrected chi connectivity index (χ0v) is 18.0. The summed E-state index contributed by atoms with van der Waals surface area (Å²) in [5.74, 6) is 0.706. The fraction of sp³-hybridized carbons (Fsp3) is 0.667.